The fraction of sp³-hybridized carbons (Fsp3) is 0.529. The predicted molar refractivity (Wildman–Crippen MR) is 85.5 cm³/mol. The number of hydrogen-bond acceptors (Lipinski definition) is 4. The number of nitrogens with zero attached hydrogens (tertiary/aromatic N) is 4. The van der Waals surface area contributed by atoms with Crippen molar-refractivity contribution in [3.63, 3.8) is 0 Å². The summed E-state index contributed by atoms with van der Waals surface area (Å²) in [4.78, 5) is 6.80. The Kier molecular flexibility index (Phi) is 5.19. The average molecular weight is 300 g/mol. The molecule has 0 aliphatic carbocycles. The molecule has 5 heteroatoms. The van der Waals surface area contributed by atoms with Crippen LogP contribution >= 0.6 is 0 Å². The number of rotatable bonds is 6. The highest BCUT2D eigenvalue weighted by atomic mass is 16.5. The normalized spacial score (nSPS) is 19.4. The zero-order chi connectivity index (χ0) is 15.2. The third-order valence-corrected chi connectivity index (χ3v) is 4.18. The van der Waals surface area contributed by atoms with Gasteiger partial charge in [-0.2, -0.15) is 5.10 Å². The highest BCUT2D eigenvalue weighted by Crippen LogP contribution is 2.14. The number of aromatic nitrogens is 3. The fourth-order valence-corrected chi connectivity index (χ4v) is 2.95. The maximum atomic E-state index is 5.92. The molecular formula is C17H24N4O. The Labute approximate surface area is 131 Å². The van der Waals surface area contributed by atoms with Gasteiger partial charge in [-0.25, -0.2) is 9.67 Å². The summed E-state index contributed by atoms with van der Waals surface area (Å²) in [5.74, 6) is 1.05. The highest BCUT2D eigenvalue weighted by Gasteiger charge is 2.21. The van der Waals surface area contributed by atoms with E-state index in [0.29, 0.717) is 6.10 Å². The van der Waals surface area contributed by atoms with Gasteiger partial charge < -0.3 is 4.74 Å². The second kappa shape index (κ2) is 7.51. The van der Waals surface area contributed by atoms with Crippen molar-refractivity contribution in [2.75, 3.05) is 19.7 Å². The molecule has 22 heavy (non-hydrogen) atoms. The summed E-state index contributed by atoms with van der Waals surface area (Å²) in [6, 6.07) is 10.6. The van der Waals surface area contributed by atoms with Crippen molar-refractivity contribution in [1.82, 2.24) is 19.7 Å². The van der Waals surface area contributed by atoms with Gasteiger partial charge in [0.25, 0.3) is 0 Å². The smallest absolute Gasteiger partial charge is 0.140 e. The monoisotopic (exact) mass is 300 g/mol. The fourth-order valence-electron chi connectivity index (χ4n) is 2.95. The van der Waals surface area contributed by atoms with Gasteiger partial charge in [0.1, 0.15) is 12.2 Å². The first-order chi connectivity index (χ1) is 10.8. The van der Waals surface area contributed by atoms with Crippen molar-refractivity contribution in [1.29, 1.82) is 0 Å². The zero-order valence-electron chi connectivity index (χ0n) is 13.2. The van der Waals surface area contributed by atoms with Crippen LogP contribution < -0.4 is 0 Å². The van der Waals surface area contributed by atoms with Gasteiger partial charge in [0.2, 0.25) is 0 Å². The number of hydrogen-bond donors (Lipinski definition) is 0. The van der Waals surface area contributed by atoms with Crippen molar-refractivity contribution in [2.45, 2.75) is 39.0 Å². The predicted octanol–water partition coefficient (Wildman–Crippen LogP) is 2.13. The first-order valence-electron chi connectivity index (χ1n) is 8.09. The molecule has 1 aliphatic rings. The maximum Gasteiger partial charge on any atom is 0.140 e. The van der Waals surface area contributed by atoms with Gasteiger partial charge in [0.15, 0.2) is 0 Å². The Morgan fingerprint density at radius 3 is 2.95 bits per heavy atom. The molecule has 0 saturated carbocycles. The van der Waals surface area contributed by atoms with Crippen LogP contribution in [-0.4, -0.2) is 45.5 Å². The van der Waals surface area contributed by atoms with Crippen molar-refractivity contribution in [3.8, 4) is 0 Å². The minimum atomic E-state index is 0.312. The van der Waals surface area contributed by atoms with E-state index in [1.807, 2.05) is 4.68 Å². The number of ether oxygens (including phenoxy) is 1. The Balaban J connectivity index is 1.51. The summed E-state index contributed by atoms with van der Waals surface area (Å²) in [6.07, 6.45) is 4.10. The molecule has 2 heterocycles. The van der Waals surface area contributed by atoms with Crippen LogP contribution in [0, 0.1) is 0 Å². The van der Waals surface area contributed by atoms with Crippen LogP contribution in [0.1, 0.15) is 24.7 Å². The van der Waals surface area contributed by atoms with Crippen LogP contribution in [0.3, 0.4) is 0 Å². The average Bonchev–Trinajstić information content (AvgIpc) is 3.01. The molecule has 1 fully saturated rings. The highest BCUT2D eigenvalue weighted by molar-refractivity contribution is 5.14. The third kappa shape index (κ3) is 3.93. The molecular weight excluding hydrogens is 276 g/mol. The second-order valence-corrected chi connectivity index (χ2v) is 5.74. The molecule has 0 amide bonds. The summed E-state index contributed by atoms with van der Waals surface area (Å²) in [6.45, 7) is 6.58. The van der Waals surface area contributed by atoms with E-state index in [1.165, 1.54) is 5.56 Å². The molecule has 1 atom stereocenters. The molecule has 1 aromatic carbocycles. The van der Waals surface area contributed by atoms with Crippen molar-refractivity contribution in [3.05, 3.63) is 48.0 Å². The Morgan fingerprint density at radius 2 is 2.14 bits per heavy atom. The van der Waals surface area contributed by atoms with Crippen LogP contribution in [0.5, 0.6) is 0 Å². The van der Waals surface area contributed by atoms with Crippen LogP contribution in [-0.2, 0) is 24.2 Å². The lowest BCUT2D eigenvalue weighted by Gasteiger charge is -2.32. The molecule has 1 saturated heterocycles. The van der Waals surface area contributed by atoms with Gasteiger partial charge in [0, 0.05) is 19.6 Å². The first-order valence-corrected chi connectivity index (χ1v) is 8.09. The van der Waals surface area contributed by atoms with E-state index < -0.39 is 0 Å². The minimum Gasteiger partial charge on any atom is -0.376 e. The summed E-state index contributed by atoms with van der Waals surface area (Å²) in [7, 11) is 0. The Morgan fingerprint density at radius 1 is 1.27 bits per heavy atom. The summed E-state index contributed by atoms with van der Waals surface area (Å²) < 4.78 is 7.89. The van der Waals surface area contributed by atoms with Gasteiger partial charge in [-0.15, -0.1) is 0 Å². The minimum absolute atomic E-state index is 0.312. The molecule has 3 rings (SSSR count). The molecule has 0 unspecified atom stereocenters. The Hall–Kier alpha value is -1.72. The maximum absolute atomic E-state index is 5.92. The van der Waals surface area contributed by atoms with E-state index in [-0.39, 0.29) is 0 Å². The van der Waals surface area contributed by atoms with Gasteiger partial charge in [-0.3, -0.25) is 4.90 Å². The van der Waals surface area contributed by atoms with E-state index in [2.05, 4.69) is 52.2 Å². The summed E-state index contributed by atoms with van der Waals surface area (Å²) in [5, 5.41) is 4.24. The Bertz CT molecular complexity index is 569. The van der Waals surface area contributed by atoms with Gasteiger partial charge >= 0.3 is 0 Å². The molecule has 118 valence electrons. The zero-order valence-corrected chi connectivity index (χ0v) is 13.2. The SMILES string of the molecule is CCn1ncnc1CN1CCO[C@@H](CCc2ccccc2)C1. The largest absolute Gasteiger partial charge is 0.376 e. The lowest BCUT2D eigenvalue weighted by molar-refractivity contribution is -0.0356. The van der Waals surface area contributed by atoms with E-state index >= 15 is 0 Å². The molecule has 0 N–H and O–H groups in total. The number of aryl methyl sites for hydroxylation is 2. The van der Waals surface area contributed by atoms with Crippen molar-refractivity contribution >= 4 is 0 Å². The lowest BCUT2D eigenvalue weighted by atomic mass is 10.1. The van der Waals surface area contributed by atoms with E-state index in [0.717, 1.165) is 51.5 Å². The lowest BCUT2D eigenvalue weighted by Crippen LogP contribution is -2.42. The van der Waals surface area contributed by atoms with Crippen LogP contribution in [0.25, 0.3) is 0 Å². The molecule has 0 bridgehead atoms. The quantitative estimate of drug-likeness (QED) is 0.820. The molecule has 1 aliphatic heterocycles. The summed E-state index contributed by atoms with van der Waals surface area (Å²) in [5.41, 5.74) is 1.38. The first kappa shape index (κ1) is 15.2. The van der Waals surface area contributed by atoms with E-state index in [9.17, 15) is 0 Å². The molecule has 2 aromatic rings. The van der Waals surface area contributed by atoms with Crippen LogP contribution in [0.4, 0.5) is 0 Å². The van der Waals surface area contributed by atoms with Crippen LogP contribution in [0.2, 0.25) is 0 Å². The molecule has 0 spiro atoms. The van der Waals surface area contributed by atoms with E-state index in [1.54, 1.807) is 6.33 Å². The van der Waals surface area contributed by atoms with Crippen molar-refractivity contribution < 1.29 is 4.74 Å². The van der Waals surface area contributed by atoms with Crippen LogP contribution in [0.15, 0.2) is 36.7 Å². The third-order valence-electron chi connectivity index (χ3n) is 4.18. The van der Waals surface area contributed by atoms with Crippen molar-refractivity contribution in [2.24, 2.45) is 0 Å². The molecule has 1 aromatic heterocycles. The summed E-state index contributed by atoms with van der Waals surface area (Å²) >= 11 is 0. The number of benzene rings is 1. The topological polar surface area (TPSA) is 43.2 Å². The number of morpholine rings is 1. The van der Waals surface area contributed by atoms with Gasteiger partial charge in [-0.1, -0.05) is 30.3 Å². The molecule has 5 nitrogen and oxygen atoms in total. The second-order valence-electron chi connectivity index (χ2n) is 5.74. The molecule has 0 radical (unpaired) electrons. The van der Waals surface area contributed by atoms with E-state index in [4.69, 9.17) is 4.74 Å². The van der Waals surface area contributed by atoms with Gasteiger partial charge in [-0.05, 0) is 25.3 Å². The van der Waals surface area contributed by atoms with Gasteiger partial charge in [0.05, 0.1) is 19.3 Å². The standard InChI is InChI=1S/C17H24N4O/c1-2-21-17(18-14-19-21)13-20-10-11-22-16(12-20)9-8-15-6-4-3-5-7-15/h3-7,14,16H,2,8-13H2,1H3/t16-/m0/s1.